The van der Waals surface area contributed by atoms with Crippen molar-refractivity contribution in [2.75, 3.05) is 62.5 Å². The summed E-state index contributed by atoms with van der Waals surface area (Å²) in [6.45, 7) is 9.59. The van der Waals surface area contributed by atoms with Gasteiger partial charge in [0.1, 0.15) is 49.4 Å². The number of ether oxygens (including phenoxy) is 6. The minimum atomic E-state index is -1.95. The summed E-state index contributed by atoms with van der Waals surface area (Å²) in [5.74, 6) is -7.46. The maximum atomic E-state index is 13.9. The molecule has 2 amide bonds. The van der Waals surface area contributed by atoms with Gasteiger partial charge in [-0.05, 0) is 102 Å². The zero-order chi connectivity index (χ0) is 83.1. The van der Waals surface area contributed by atoms with E-state index in [1.54, 1.807) is 70.4 Å². The molecule has 2 aromatic carbocycles. The van der Waals surface area contributed by atoms with Gasteiger partial charge in [-0.2, -0.15) is 47.0 Å². The second-order valence-electron chi connectivity index (χ2n) is 29.9. The molecule has 628 valence electrons. The van der Waals surface area contributed by atoms with Crippen LogP contribution < -0.4 is 21.8 Å². The third-order valence-corrected chi connectivity index (χ3v) is 28.8. The lowest BCUT2D eigenvalue weighted by Gasteiger charge is -2.37. The maximum Gasteiger partial charge on any atom is 0.355 e. The summed E-state index contributed by atoms with van der Waals surface area (Å²) in [6.07, 6.45) is 5.11. The molecule has 117 heavy (non-hydrogen) atoms. The van der Waals surface area contributed by atoms with Crippen LogP contribution in [0.15, 0.2) is 82.4 Å². The number of carbonyl (C=O) groups excluding carboxylic acids is 10. The van der Waals surface area contributed by atoms with Crippen molar-refractivity contribution in [1.29, 1.82) is 0 Å². The molecule has 0 spiro atoms. The zero-order valence-corrected chi connectivity index (χ0v) is 69.1. The fraction of sp³-hybridized carbons (Fsp3) is 0.529. The summed E-state index contributed by atoms with van der Waals surface area (Å²) in [5.41, 5.74) is 1.77. The van der Waals surface area contributed by atoms with Gasteiger partial charge in [0.25, 0.3) is 11.1 Å². The number of esters is 4. The quantitative estimate of drug-likeness (QED) is 0.0157. The molecule has 0 radical (unpaired) electrons. The standard InChI is InChI=1S/2C42H49N3O11S2.CH4/c1-4-25(40(51)52)22-57-34-10-11-35(34)58-23-28(17-29(47)13-15-54-14-12-24(3)46)38(49)43-19-36(48)56-42(5-2)31-18-33-37-27(16-26-8-6-7-9-32(26)44-37)20-45(33)39(50)30(31)21-55-41(42)53;1-4-25(22-57-34-10-11-35(34)58-23-28(40(51)52)17-29(47)13-15-54-14-12-24(3)46)38(49)43-19-36(48)56-42(5-2)31-18-33-37-27(16-26-8-6-7-9-32(26)44-37)20-45(33)39(50)30(31)21-55-41(42)53;/h2*6-9,16,18,25,28,34-35H,4-5,10-15,17,19-23H2,1-3H3,(H,43,49)(H,51,52);1H4/t2*25?,28?,34?,35?,42-;/m00./s1. The molecule has 4 aliphatic heterocycles. The smallest absolute Gasteiger partial charge is 0.355 e. The summed E-state index contributed by atoms with van der Waals surface area (Å²) in [6, 6.07) is 22.6. The SMILES string of the molecule is C.CCC(CSC1CCC1SCC(CC(=O)CCOCCC(C)=O)C(=O)NCC(=O)O[C@]1(CC)C(=O)OCc2c1cc1n(c2=O)Cc2cc3ccccc3nc2-1)C(=O)O.CCC(CSC1CCC1SCC(CC(=O)CCOCCC(C)=O)C(=O)O)C(=O)NCC(=O)O[C@]1(CC)C(=O)OCc2c1cc1n(c2=O)Cc2cc3ccccc3nc2-1. The van der Waals surface area contributed by atoms with E-state index in [1.165, 1.54) is 25.6 Å². The van der Waals surface area contributed by atoms with Crippen molar-refractivity contribution in [3.05, 3.63) is 127 Å². The number of rotatable bonds is 42. The van der Waals surface area contributed by atoms with Crippen molar-refractivity contribution in [2.24, 2.45) is 23.7 Å². The molecule has 6 aromatic rings. The van der Waals surface area contributed by atoms with Gasteiger partial charge < -0.3 is 58.4 Å². The lowest BCUT2D eigenvalue weighted by Crippen LogP contribution is -2.49. The molecular weight excluding hydrogens is 1590 g/mol. The first kappa shape index (κ1) is 90.2. The number of hydrogen-bond donors (Lipinski definition) is 4. The van der Waals surface area contributed by atoms with Crippen LogP contribution in [0, 0.1) is 23.7 Å². The molecule has 10 atom stereocenters. The first-order chi connectivity index (χ1) is 55.7. The number of amides is 2. The Kier molecular flexibility index (Phi) is 31.7. The van der Waals surface area contributed by atoms with Crippen LogP contribution in [-0.2, 0) is 123 Å². The molecule has 4 aromatic heterocycles. The number of carboxylic acids is 2. The number of ketones is 4. The lowest BCUT2D eigenvalue weighted by atomic mass is 9.85. The van der Waals surface area contributed by atoms with Crippen LogP contribution in [0.3, 0.4) is 0 Å². The van der Waals surface area contributed by atoms with Crippen molar-refractivity contribution >= 4 is 140 Å². The summed E-state index contributed by atoms with van der Waals surface area (Å²) in [7, 11) is 0. The van der Waals surface area contributed by atoms with Crippen molar-refractivity contribution < 1.29 is 96.2 Å². The maximum absolute atomic E-state index is 13.9. The van der Waals surface area contributed by atoms with E-state index >= 15 is 0 Å². The number of carbonyl (C=O) groups is 12. The van der Waals surface area contributed by atoms with Gasteiger partial charge in [0.2, 0.25) is 23.0 Å². The molecule has 2 fully saturated rings. The Morgan fingerprint density at radius 3 is 1.26 bits per heavy atom. The van der Waals surface area contributed by atoms with Gasteiger partial charge in [0.05, 0.1) is 102 Å². The van der Waals surface area contributed by atoms with Crippen molar-refractivity contribution in [3.8, 4) is 22.8 Å². The topological polar surface area (TPSA) is 395 Å². The largest absolute Gasteiger partial charge is 0.481 e. The van der Waals surface area contributed by atoms with Crippen LogP contribution in [0.2, 0.25) is 0 Å². The molecular formula is C85H102N6O22S4. The Labute approximate surface area is 694 Å². The fourth-order valence-corrected chi connectivity index (χ4v) is 21.6. The number of carboxylic acid groups (broad SMARTS) is 2. The van der Waals surface area contributed by atoms with Crippen LogP contribution in [0.5, 0.6) is 0 Å². The predicted molar refractivity (Wildman–Crippen MR) is 444 cm³/mol. The van der Waals surface area contributed by atoms with Crippen LogP contribution in [0.25, 0.3) is 44.6 Å². The molecule has 0 saturated heterocycles. The number of aliphatic carboxylic acids is 2. The second-order valence-corrected chi connectivity index (χ2v) is 35.0. The normalized spacial score (nSPS) is 20.0. The Morgan fingerprint density at radius 1 is 0.513 bits per heavy atom. The number of Topliss-reactive ketones (excluding diaryl/α,β-unsaturated/α-hetero) is 4. The zero-order valence-electron chi connectivity index (χ0n) is 65.8. The third-order valence-electron chi connectivity index (χ3n) is 22.1. The average Bonchev–Trinajstić information content (AvgIpc) is 1.59. The molecule has 6 aliphatic rings. The first-order valence-corrected chi connectivity index (χ1v) is 43.6. The number of nitrogens with zero attached hydrogens (tertiary/aromatic N) is 4. The number of nitrogens with one attached hydrogen (secondary N) is 2. The number of aromatic nitrogens is 4. The lowest BCUT2D eigenvalue weighted by molar-refractivity contribution is -0.189. The van der Waals surface area contributed by atoms with Crippen molar-refractivity contribution in [2.45, 2.75) is 197 Å². The van der Waals surface area contributed by atoms with Crippen LogP contribution in [0.1, 0.15) is 172 Å². The second kappa shape index (κ2) is 41.1. The van der Waals surface area contributed by atoms with E-state index in [0.29, 0.717) is 59.4 Å². The van der Waals surface area contributed by atoms with Gasteiger partial charge in [0, 0.05) is 121 Å². The van der Waals surface area contributed by atoms with Gasteiger partial charge >= 0.3 is 35.8 Å². The number of cyclic esters (lactones) is 2. The van der Waals surface area contributed by atoms with E-state index in [-0.39, 0.29) is 194 Å². The highest BCUT2D eigenvalue weighted by atomic mass is 32.2. The summed E-state index contributed by atoms with van der Waals surface area (Å²) in [4.78, 5) is 189. The Balaban J connectivity index is 0.000000245. The van der Waals surface area contributed by atoms with Crippen molar-refractivity contribution in [3.63, 3.8) is 0 Å². The third kappa shape index (κ3) is 21.3. The molecule has 2 aliphatic carbocycles. The van der Waals surface area contributed by atoms with Gasteiger partial charge in [-0.3, -0.25) is 57.5 Å². The van der Waals surface area contributed by atoms with Crippen LogP contribution in [-0.4, -0.2) is 184 Å². The minimum Gasteiger partial charge on any atom is -0.481 e. The number of pyridine rings is 4. The molecule has 8 heterocycles. The summed E-state index contributed by atoms with van der Waals surface area (Å²) >= 11 is 6.35. The number of para-hydroxylation sites is 2. The molecule has 8 unspecified atom stereocenters. The Hall–Kier alpha value is -9.08. The minimum absolute atomic E-state index is 0. The van der Waals surface area contributed by atoms with E-state index in [1.807, 2.05) is 74.5 Å². The number of hydrogen-bond acceptors (Lipinski definition) is 26. The summed E-state index contributed by atoms with van der Waals surface area (Å²) < 4.78 is 36.6. The molecule has 2 saturated carbocycles. The predicted octanol–water partition coefficient (Wildman–Crippen LogP) is 10.3. The molecule has 4 N–H and O–H groups in total. The molecule has 28 nitrogen and oxygen atoms in total. The highest BCUT2D eigenvalue weighted by Crippen LogP contribution is 2.46. The highest BCUT2D eigenvalue weighted by molar-refractivity contribution is 8.04. The highest BCUT2D eigenvalue weighted by Gasteiger charge is 2.53. The van der Waals surface area contributed by atoms with Crippen LogP contribution in [0.4, 0.5) is 0 Å². The van der Waals surface area contributed by atoms with Gasteiger partial charge in [-0.1, -0.05) is 71.5 Å². The van der Waals surface area contributed by atoms with Gasteiger partial charge in [-0.15, -0.1) is 0 Å². The first-order valence-electron chi connectivity index (χ1n) is 39.5. The Bertz CT molecular complexity index is 4910. The Morgan fingerprint density at radius 2 is 0.880 bits per heavy atom. The average molecular weight is 1690 g/mol. The molecule has 12 rings (SSSR count). The molecule has 32 heteroatoms. The number of thioether (sulfide) groups is 4. The van der Waals surface area contributed by atoms with E-state index in [0.717, 1.165) is 58.6 Å². The van der Waals surface area contributed by atoms with Gasteiger partial charge in [0.15, 0.2) is 0 Å². The molecule has 0 bridgehead atoms. The van der Waals surface area contributed by atoms with E-state index in [2.05, 4.69) is 10.6 Å². The van der Waals surface area contributed by atoms with Crippen molar-refractivity contribution in [1.82, 2.24) is 29.7 Å². The monoisotopic (exact) mass is 1690 g/mol. The fourth-order valence-electron chi connectivity index (χ4n) is 14.8. The summed E-state index contributed by atoms with van der Waals surface area (Å²) in [5, 5.41) is 27.2. The number of fused-ring (bicyclic) bond motifs is 10. The number of benzene rings is 2. The van der Waals surface area contributed by atoms with E-state index in [4.69, 9.17) is 38.4 Å². The van der Waals surface area contributed by atoms with E-state index in [9.17, 15) is 77.3 Å². The van der Waals surface area contributed by atoms with Gasteiger partial charge in [-0.25, -0.2) is 19.6 Å². The van der Waals surface area contributed by atoms with Crippen LogP contribution >= 0.6 is 47.0 Å². The van der Waals surface area contributed by atoms with E-state index < -0.39 is 89.7 Å².